The summed E-state index contributed by atoms with van der Waals surface area (Å²) in [6.45, 7) is 3.04. The monoisotopic (exact) mass is 356 g/mol. The number of hydrogen-bond donors (Lipinski definition) is 0. The van der Waals surface area contributed by atoms with Crippen LogP contribution in [0, 0.1) is 6.92 Å². The van der Waals surface area contributed by atoms with Gasteiger partial charge in [-0.25, -0.2) is 0 Å². The Kier molecular flexibility index (Phi) is 5.15. The Morgan fingerprint density at radius 1 is 1.39 bits per heavy atom. The van der Waals surface area contributed by atoms with E-state index >= 15 is 0 Å². The lowest BCUT2D eigenvalue weighted by atomic mass is 10.3. The summed E-state index contributed by atoms with van der Waals surface area (Å²) >= 11 is 2.98. The largest absolute Gasteiger partial charge is 0.468 e. The molecule has 1 aliphatic carbocycles. The van der Waals surface area contributed by atoms with E-state index in [0.29, 0.717) is 24.9 Å². The van der Waals surface area contributed by atoms with Crippen molar-refractivity contribution >= 4 is 35.4 Å². The molecule has 2 heterocycles. The molecule has 126 valence electrons. The number of aryl methyl sites for hydroxylation is 1. The molecule has 7 nitrogen and oxygen atoms in total. The molecule has 1 amide bonds. The zero-order chi connectivity index (χ0) is 16.4. The van der Waals surface area contributed by atoms with Crippen LogP contribution in [0.5, 0.6) is 0 Å². The van der Waals surface area contributed by atoms with Gasteiger partial charge in [0.15, 0.2) is 5.16 Å². The average Bonchev–Trinajstić information content (AvgIpc) is 3.35. The second-order valence-corrected chi connectivity index (χ2v) is 7.90. The minimum atomic E-state index is -0.278. The van der Waals surface area contributed by atoms with Gasteiger partial charge in [-0.3, -0.25) is 9.59 Å². The maximum Gasteiger partial charge on any atom is 0.320 e. The van der Waals surface area contributed by atoms with E-state index in [9.17, 15) is 9.59 Å². The first-order valence-corrected chi connectivity index (χ1v) is 9.65. The molecule has 2 aliphatic rings. The van der Waals surface area contributed by atoms with Crippen LogP contribution in [0.2, 0.25) is 0 Å². The third-order valence-electron chi connectivity index (χ3n) is 3.95. The third-order valence-corrected chi connectivity index (χ3v) is 6.04. The lowest BCUT2D eigenvalue weighted by Gasteiger charge is -2.30. The van der Waals surface area contributed by atoms with Crippen molar-refractivity contribution in [3.63, 3.8) is 0 Å². The van der Waals surface area contributed by atoms with Crippen LogP contribution in [-0.2, 0) is 14.3 Å². The van der Waals surface area contributed by atoms with Gasteiger partial charge >= 0.3 is 5.97 Å². The molecule has 2 fully saturated rings. The summed E-state index contributed by atoms with van der Waals surface area (Å²) in [6.07, 6.45) is 2.31. The number of hydrogen-bond acceptors (Lipinski definition) is 7. The number of amides is 1. The van der Waals surface area contributed by atoms with Gasteiger partial charge < -0.3 is 14.2 Å². The van der Waals surface area contributed by atoms with Gasteiger partial charge in [-0.15, -0.1) is 22.0 Å². The maximum atomic E-state index is 12.4. The van der Waals surface area contributed by atoms with E-state index in [1.165, 1.54) is 18.9 Å². The molecule has 3 rings (SSSR count). The van der Waals surface area contributed by atoms with Gasteiger partial charge in [-0.1, -0.05) is 11.8 Å². The molecule has 0 bridgehead atoms. The second-order valence-electron chi connectivity index (χ2n) is 5.64. The van der Waals surface area contributed by atoms with Crippen LogP contribution in [0.15, 0.2) is 5.16 Å². The molecule has 0 N–H and O–H groups in total. The number of methoxy groups -OCH3 is 1. The van der Waals surface area contributed by atoms with E-state index in [-0.39, 0.29) is 17.1 Å². The van der Waals surface area contributed by atoms with Crippen molar-refractivity contribution in [2.75, 3.05) is 31.7 Å². The maximum absolute atomic E-state index is 12.4. The fourth-order valence-electron chi connectivity index (χ4n) is 2.57. The van der Waals surface area contributed by atoms with Gasteiger partial charge in [0, 0.05) is 24.9 Å². The van der Waals surface area contributed by atoms with Crippen molar-refractivity contribution in [1.82, 2.24) is 19.7 Å². The van der Waals surface area contributed by atoms with E-state index in [2.05, 4.69) is 14.8 Å². The number of esters is 1. The first kappa shape index (κ1) is 16.6. The number of thioether (sulfide) groups is 2. The number of aromatic nitrogens is 3. The van der Waals surface area contributed by atoms with Crippen LogP contribution in [-0.4, -0.2) is 68.5 Å². The minimum Gasteiger partial charge on any atom is -0.468 e. The highest BCUT2D eigenvalue weighted by atomic mass is 32.2. The van der Waals surface area contributed by atoms with Crippen molar-refractivity contribution in [2.45, 2.75) is 36.2 Å². The van der Waals surface area contributed by atoms with Gasteiger partial charge in [0.05, 0.1) is 12.9 Å². The number of nitrogens with zero attached hydrogens (tertiary/aromatic N) is 4. The molecule has 1 aromatic heterocycles. The molecule has 1 aromatic rings. The molecule has 1 saturated carbocycles. The Morgan fingerprint density at radius 2 is 2.17 bits per heavy atom. The van der Waals surface area contributed by atoms with Crippen LogP contribution in [0.25, 0.3) is 0 Å². The molecule has 0 radical (unpaired) electrons. The average molecular weight is 356 g/mol. The first-order valence-electron chi connectivity index (χ1n) is 7.61. The SMILES string of the molecule is COC(=O)[C@@H]1CN(C(=O)CSc2nnc(C)n2C2CC2)CCS1. The van der Waals surface area contributed by atoms with Gasteiger partial charge in [0.25, 0.3) is 0 Å². The van der Waals surface area contributed by atoms with Crippen molar-refractivity contribution in [3.05, 3.63) is 5.82 Å². The summed E-state index contributed by atoms with van der Waals surface area (Å²) in [6, 6.07) is 0.498. The standard InChI is InChI=1S/C14H20N4O3S2/c1-9-15-16-14(18(9)10-3-4-10)23-8-12(19)17-5-6-22-11(7-17)13(20)21-2/h10-11H,3-8H2,1-2H3/t11-/m0/s1. The normalized spacial score (nSPS) is 21.3. The van der Waals surface area contributed by atoms with Crippen LogP contribution in [0.3, 0.4) is 0 Å². The Morgan fingerprint density at radius 3 is 2.87 bits per heavy atom. The van der Waals surface area contributed by atoms with Crippen molar-refractivity contribution < 1.29 is 14.3 Å². The molecule has 23 heavy (non-hydrogen) atoms. The highest BCUT2D eigenvalue weighted by Crippen LogP contribution is 2.38. The Labute approximate surface area is 143 Å². The van der Waals surface area contributed by atoms with E-state index in [0.717, 1.165) is 29.6 Å². The van der Waals surface area contributed by atoms with E-state index < -0.39 is 0 Å². The molecule has 1 atom stereocenters. The summed E-state index contributed by atoms with van der Waals surface area (Å²) < 4.78 is 6.90. The van der Waals surface area contributed by atoms with E-state index in [1.807, 2.05) is 6.92 Å². The van der Waals surface area contributed by atoms with E-state index in [1.54, 1.807) is 16.7 Å². The smallest absolute Gasteiger partial charge is 0.320 e. The fraction of sp³-hybridized carbons (Fsp3) is 0.714. The highest BCUT2D eigenvalue weighted by Gasteiger charge is 2.31. The molecule has 9 heteroatoms. The summed E-state index contributed by atoms with van der Waals surface area (Å²) in [5.74, 6) is 1.76. The van der Waals surface area contributed by atoms with Gasteiger partial charge in [-0.05, 0) is 19.8 Å². The van der Waals surface area contributed by atoms with Gasteiger partial charge in [-0.2, -0.15) is 0 Å². The number of ether oxygens (including phenoxy) is 1. The molecule has 1 aliphatic heterocycles. The predicted octanol–water partition coefficient (Wildman–Crippen LogP) is 1.13. The number of carbonyl (C=O) groups excluding carboxylic acids is 2. The molecule has 0 aromatic carbocycles. The van der Waals surface area contributed by atoms with Gasteiger partial charge in [0.2, 0.25) is 5.91 Å². The molecule has 0 spiro atoms. The molecular weight excluding hydrogens is 336 g/mol. The van der Waals surface area contributed by atoms with Crippen molar-refractivity contribution in [1.29, 1.82) is 0 Å². The lowest BCUT2D eigenvalue weighted by Crippen LogP contribution is -2.45. The number of carbonyl (C=O) groups is 2. The summed E-state index contributed by atoms with van der Waals surface area (Å²) in [4.78, 5) is 25.8. The molecule has 1 saturated heterocycles. The number of rotatable bonds is 5. The Balaban J connectivity index is 1.56. The molecule has 0 unspecified atom stereocenters. The Hall–Kier alpha value is -1.22. The third kappa shape index (κ3) is 3.82. The highest BCUT2D eigenvalue weighted by molar-refractivity contribution is 8.00. The van der Waals surface area contributed by atoms with Crippen LogP contribution in [0.4, 0.5) is 0 Å². The predicted molar refractivity (Wildman–Crippen MR) is 88.6 cm³/mol. The van der Waals surface area contributed by atoms with E-state index in [4.69, 9.17) is 4.74 Å². The quantitative estimate of drug-likeness (QED) is 0.578. The zero-order valence-electron chi connectivity index (χ0n) is 13.2. The van der Waals surface area contributed by atoms with Gasteiger partial charge in [0.1, 0.15) is 11.1 Å². The molecular formula is C14H20N4O3S2. The minimum absolute atomic E-state index is 0.0344. The summed E-state index contributed by atoms with van der Waals surface area (Å²) in [5.41, 5.74) is 0. The van der Waals surface area contributed by atoms with Crippen LogP contribution >= 0.6 is 23.5 Å². The summed E-state index contributed by atoms with van der Waals surface area (Å²) in [5, 5.41) is 8.83. The second kappa shape index (κ2) is 7.12. The topological polar surface area (TPSA) is 77.3 Å². The summed E-state index contributed by atoms with van der Waals surface area (Å²) in [7, 11) is 1.38. The lowest BCUT2D eigenvalue weighted by molar-refractivity contribution is -0.141. The van der Waals surface area contributed by atoms with Crippen molar-refractivity contribution in [3.8, 4) is 0 Å². The zero-order valence-corrected chi connectivity index (χ0v) is 14.9. The van der Waals surface area contributed by atoms with Crippen molar-refractivity contribution in [2.24, 2.45) is 0 Å². The Bertz CT molecular complexity index is 603. The first-order chi connectivity index (χ1) is 11.1. The fourth-order valence-corrected chi connectivity index (χ4v) is 4.65. The van der Waals surface area contributed by atoms with Crippen LogP contribution in [0.1, 0.15) is 24.7 Å². The van der Waals surface area contributed by atoms with Crippen LogP contribution < -0.4 is 0 Å².